The van der Waals surface area contributed by atoms with Crippen molar-refractivity contribution in [1.82, 2.24) is 0 Å². The molecule has 0 amide bonds. The van der Waals surface area contributed by atoms with Crippen LogP contribution >= 0.6 is 0 Å². The minimum Gasteiger partial charge on any atom is -0.477 e. The fourth-order valence-corrected chi connectivity index (χ4v) is 12.2. The molecule has 0 rings (SSSR count). The molecule has 9 heteroatoms. The number of carbonyl (C=O) groups is 3. The Morgan fingerprint density at radius 1 is 0.316 bits per heavy atom. The SMILES string of the molecule is CCCCCCC/C=C\C/C=C\C/C=C\CCCCCCCCCCCCCCCCCCCCCCCCCCC(=O)OC(COC(=O)CCCCCCCCCCCCCCCCCC/C=C\C/C=C\C/C=C\CCCCCCC)COC(OCC[N+](C)(C)C)C(=O)O. The second-order valence-electron chi connectivity index (χ2n) is 29.1. The molecule has 0 saturated carbocycles. The number of esters is 2. The van der Waals surface area contributed by atoms with E-state index in [0.29, 0.717) is 17.4 Å². The number of carboxylic acids is 1. The second kappa shape index (κ2) is 76.5. The number of aliphatic carboxylic acids is 1. The van der Waals surface area contributed by atoms with Gasteiger partial charge in [-0.15, -0.1) is 0 Å². The highest BCUT2D eigenvalue weighted by atomic mass is 16.7. The molecule has 0 aromatic heterocycles. The minimum atomic E-state index is -1.51. The molecule has 0 aromatic carbocycles. The van der Waals surface area contributed by atoms with E-state index in [-0.39, 0.29) is 38.2 Å². The number of unbranched alkanes of at least 4 members (excludes halogenated alkanes) is 50. The van der Waals surface area contributed by atoms with E-state index >= 15 is 0 Å². The van der Waals surface area contributed by atoms with E-state index in [1.165, 1.54) is 308 Å². The van der Waals surface area contributed by atoms with Crippen LogP contribution in [0.3, 0.4) is 0 Å². The predicted molar refractivity (Wildman–Crippen MR) is 410 cm³/mol. The Bertz CT molecular complexity index is 1790. The Kier molecular flexibility index (Phi) is 73.9. The fraction of sp³-hybridized carbons (Fsp3) is 0.826. The Morgan fingerprint density at radius 3 is 0.842 bits per heavy atom. The third kappa shape index (κ3) is 77.9. The molecule has 0 fully saturated rings. The molecule has 0 radical (unpaired) electrons. The molecule has 9 nitrogen and oxygen atoms in total. The lowest BCUT2D eigenvalue weighted by molar-refractivity contribution is -0.870. The van der Waals surface area contributed by atoms with Crippen LogP contribution in [0, 0.1) is 0 Å². The second-order valence-corrected chi connectivity index (χ2v) is 29.1. The van der Waals surface area contributed by atoms with Gasteiger partial charge in [-0.3, -0.25) is 9.59 Å². The number of quaternary nitrogens is 1. The van der Waals surface area contributed by atoms with Crippen LogP contribution in [0.4, 0.5) is 0 Å². The summed E-state index contributed by atoms with van der Waals surface area (Å²) < 4.78 is 23.1. The van der Waals surface area contributed by atoms with Gasteiger partial charge in [-0.2, -0.15) is 0 Å². The fourth-order valence-electron chi connectivity index (χ4n) is 12.2. The lowest BCUT2D eigenvalue weighted by Gasteiger charge is -2.25. The van der Waals surface area contributed by atoms with Gasteiger partial charge in [0.05, 0.1) is 34.4 Å². The summed E-state index contributed by atoms with van der Waals surface area (Å²) in [6, 6.07) is 0. The number of carboxylic acid groups (broad SMARTS) is 1. The zero-order valence-electron chi connectivity index (χ0n) is 63.6. The van der Waals surface area contributed by atoms with Crippen LogP contribution < -0.4 is 0 Å². The number of allylic oxidation sites excluding steroid dienone is 12. The van der Waals surface area contributed by atoms with Crippen LogP contribution in [0.5, 0.6) is 0 Å². The molecular formula is C86H158NO8+. The van der Waals surface area contributed by atoms with Crippen molar-refractivity contribution >= 4 is 17.9 Å². The Morgan fingerprint density at radius 2 is 0.568 bits per heavy atom. The monoisotopic (exact) mass is 1330 g/mol. The van der Waals surface area contributed by atoms with Crippen molar-refractivity contribution in [3.8, 4) is 0 Å². The van der Waals surface area contributed by atoms with E-state index in [0.717, 1.165) is 64.2 Å². The molecule has 2 atom stereocenters. The van der Waals surface area contributed by atoms with Gasteiger partial charge >= 0.3 is 17.9 Å². The van der Waals surface area contributed by atoms with Crippen molar-refractivity contribution in [2.75, 3.05) is 47.5 Å². The number of likely N-dealkylation sites (N-methyl/N-ethyl adjacent to an activating group) is 1. The van der Waals surface area contributed by atoms with E-state index in [1.54, 1.807) is 0 Å². The average molecular weight is 1330 g/mol. The first-order chi connectivity index (χ1) is 46.6. The van der Waals surface area contributed by atoms with Crippen LogP contribution in [-0.4, -0.2) is 87.4 Å². The predicted octanol–water partition coefficient (Wildman–Crippen LogP) is 26.4. The number of ether oxygens (including phenoxy) is 4. The van der Waals surface area contributed by atoms with Gasteiger partial charge in [0.2, 0.25) is 0 Å². The first-order valence-corrected chi connectivity index (χ1v) is 41.1. The summed E-state index contributed by atoms with van der Waals surface area (Å²) in [4.78, 5) is 37.8. The summed E-state index contributed by atoms with van der Waals surface area (Å²) in [7, 11) is 6.00. The van der Waals surface area contributed by atoms with Gasteiger partial charge in [-0.05, 0) is 89.9 Å². The zero-order chi connectivity index (χ0) is 69.0. The normalized spacial score (nSPS) is 13.0. The standard InChI is InChI=1S/C86H157NO8/c1-6-8-10-12-14-16-18-20-22-24-26-28-30-32-34-36-38-39-40-41-42-43-44-45-47-49-51-53-55-57-59-61-63-65-67-69-71-73-75-77-84(89)95-82(81-94-86(85(90)91)92-79-78-87(3,4)5)80-93-83(88)76-74-72-70-68-66-64-62-60-58-56-54-52-50-48-46-37-35-33-31-29-27-25-23-21-19-17-15-13-11-9-7-2/h18-21,24-27,30-33,82,86H,6-17,22-23,28-29,34-81H2,1-5H3/p+1/b20-18-,21-19-,26-24-,27-25-,32-30-,33-31-. The van der Waals surface area contributed by atoms with Gasteiger partial charge in [-0.1, -0.05) is 369 Å². The first-order valence-electron chi connectivity index (χ1n) is 41.1. The van der Waals surface area contributed by atoms with Gasteiger partial charge in [0.15, 0.2) is 6.10 Å². The molecule has 2 unspecified atom stereocenters. The molecule has 0 saturated heterocycles. The Balaban J connectivity index is 3.97. The topological polar surface area (TPSA) is 108 Å². The molecule has 95 heavy (non-hydrogen) atoms. The highest BCUT2D eigenvalue weighted by molar-refractivity contribution is 5.71. The van der Waals surface area contributed by atoms with Crippen molar-refractivity contribution in [3.05, 3.63) is 72.9 Å². The van der Waals surface area contributed by atoms with Crippen molar-refractivity contribution in [2.24, 2.45) is 0 Å². The number of nitrogens with zero attached hydrogens (tertiary/aromatic N) is 1. The summed E-state index contributed by atoms with van der Waals surface area (Å²) in [5, 5.41) is 9.78. The summed E-state index contributed by atoms with van der Waals surface area (Å²) in [6.45, 7) is 4.91. The Hall–Kier alpha value is -3.27. The number of carbonyl (C=O) groups excluding carboxylic acids is 2. The summed E-state index contributed by atoms with van der Waals surface area (Å²) in [5.74, 6) is -1.98. The summed E-state index contributed by atoms with van der Waals surface area (Å²) in [5.41, 5.74) is 0. The molecule has 0 aliphatic carbocycles. The average Bonchev–Trinajstić information content (AvgIpc) is 2.92. The van der Waals surface area contributed by atoms with Gasteiger partial charge < -0.3 is 28.5 Å². The molecule has 554 valence electrons. The summed E-state index contributed by atoms with van der Waals surface area (Å²) in [6.07, 6.45) is 101. The van der Waals surface area contributed by atoms with Gasteiger partial charge in [0.1, 0.15) is 13.2 Å². The van der Waals surface area contributed by atoms with Gasteiger partial charge in [0, 0.05) is 12.8 Å². The highest BCUT2D eigenvalue weighted by Gasteiger charge is 2.25. The van der Waals surface area contributed by atoms with Crippen LogP contribution in [0.15, 0.2) is 72.9 Å². The smallest absolute Gasteiger partial charge is 0.361 e. The number of hydrogen-bond acceptors (Lipinski definition) is 7. The summed E-state index contributed by atoms with van der Waals surface area (Å²) >= 11 is 0. The first kappa shape index (κ1) is 91.7. The quantitative estimate of drug-likeness (QED) is 0.0211. The van der Waals surface area contributed by atoms with Crippen LogP contribution in [-0.2, 0) is 33.3 Å². The van der Waals surface area contributed by atoms with Crippen LogP contribution in [0.1, 0.15) is 399 Å². The molecule has 0 aromatic rings. The Labute approximate surface area is 589 Å². The zero-order valence-corrected chi connectivity index (χ0v) is 63.6. The highest BCUT2D eigenvalue weighted by Crippen LogP contribution is 2.19. The largest absolute Gasteiger partial charge is 0.477 e. The maximum atomic E-state index is 13.0. The number of rotatable bonds is 77. The van der Waals surface area contributed by atoms with Crippen LogP contribution in [0.2, 0.25) is 0 Å². The van der Waals surface area contributed by atoms with Gasteiger partial charge in [0.25, 0.3) is 6.29 Å². The maximum absolute atomic E-state index is 13.0. The maximum Gasteiger partial charge on any atom is 0.361 e. The van der Waals surface area contributed by atoms with Crippen molar-refractivity contribution in [1.29, 1.82) is 0 Å². The van der Waals surface area contributed by atoms with Crippen molar-refractivity contribution in [3.63, 3.8) is 0 Å². The van der Waals surface area contributed by atoms with E-state index in [2.05, 4.69) is 86.8 Å². The van der Waals surface area contributed by atoms with Crippen LogP contribution in [0.25, 0.3) is 0 Å². The molecule has 0 aliphatic heterocycles. The van der Waals surface area contributed by atoms with Crippen molar-refractivity contribution in [2.45, 2.75) is 411 Å². The molecule has 0 bridgehead atoms. The lowest BCUT2D eigenvalue weighted by Crippen LogP contribution is -2.40. The van der Waals surface area contributed by atoms with E-state index < -0.39 is 18.4 Å². The third-order valence-electron chi connectivity index (χ3n) is 18.4. The molecular weight excluding hydrogens is 1170 g/mol. The van der Waals surface area contributed by atoms with Crippen molar-refractivity contribution < 1.29 is 42.9 Å². The third-order valence-corrected chi connectivity index (χ3v) is 18.4. The van der Waals surface area contributed by atoms with E-state index in [4.69, 9.17) is 18.9 Å². The van der Waals surface area contributed by atoms with E-state index in [9.17, 15) is 19.5 Å². The molecule has 0 spiro atoms. The van der Waals surface area contributed by atoms with Gasteiger partial charge in [-0.25, -0.2) is 4.79 Å². The van der Waals surface area contributed by atoms with E-state index in [1.807, 2.05) is 21.1 Å². The molecule has 0 heterocycles. The molecule has 0 aliphatic rings. The lowest BCUT2D eigenvalue weighted by atomic mass is 10.0. The molecule has 1 N–H and O–H groups in total. The number of hydrogen-bond donors (Lipinski definition) is 1. The minimum absolute atomic E-state index is 0.179.